The van der Waals surface area contributed by atoms with Gasteiger partial charge in [-0.15, -0.1) is 11.3 Å². The summed E-state index contributed by atoms with van der Waals surface area (Å²) in [4.78, 5) is 7.93. The zero-order chi connectivity index (χ0) is 8.39. The maximum Gasteiger partial charge on any atom is 0.100 e. The summed E-state index contributed by atoms with van der Waals surface area (Å²) in [6, 6.07) is 3.93. The molecule has 4 heteroatoms. The third kappa shape index (κ3) is 1.11. The second-order valence-corrected chi connectivity index (χ2v) is 3.19. The number of aromatic nitrogens is 2. The molecule has 0 unspecified atom stereocenters. The summed E-state index contributed by atoms with van der Waals surface area (Å²) in [7, 11) is 0. The quantitative estimate of drug-likeness (QED) is 0.720. The smallest absolute Gasteiger partial charge is 0.100 e. The van der Waals surface area contributed by atoms with Crippen LogP contribution in [0, 0.1) is 11.3 Å². The molecule has 0 aromatic carbocycles. The van der Waals surface area contributed by atoms with Gasteiger partial charge in [0.15, 0.2) is 0 Å². The van der Waals surface area contributed by atoms with E-state index in [0.29, 0.717) is 5.56 Å². The van der Waals surface area contributed by atoms with Crippen molar-refractivity contribution in [1.82, 2.24) is 9.97 Å². The van der Waals surface area contributed by atoms with Crippen molar-refractivity contribution in [2.75, 3.05) is 0 Å². The average molecular weight is 175 g/mol. The maximum absolute atomic E-state index is 8.58. The van der Waals surface area contributed by atoms with Crippen LogP contribution in [0.5, 0.6) is 0 Å². The Morgan fingerprint density at radius 3 is 3.08 bits per heavy atom. The van der Waals surface area contributed by atoms with E-state index in [9.17, 15) is 0 Å². The first kappa shape index (κ1) is 7.07. The predicted octanol–water partition coefficient (Wildman–Crippen LogP) is 2.01. The molecule has 2 heterocycles. The molecule has 58 valence electrons. The van der Waals surface area contributed by atoms with Crippen LogP contribution in [0.1, 0.15) is 5.56 Å². The molecular formula is C8H5N3S. The Kier molecular flexibility index (Phi) is 1.65. The van der Waals surface area contributed by atoms with Gasteiger partial charge in [-0.25, -0.2) is 4.98 Å². The summed E-state index contributed by atoms with van der Waals surface area (Å²) in [5.74, 6) is 0. The monoisotopic (exact) mass is 175 g/mol. The number of thiophene rings is 1. The molecule has 3 nitrogen and oxygen atoms in total. The van der Waals surface area contributed by atoms with Crippen LogP contribution in [0.25, 0.3) is 10.6 Å². The molecule has 0 saturated heterocycles. The van der Waals surface area contributed by atoms with Crippen molar-refractivity contribution in [3.8, 4) is 16.6 Å². The molecule has 0 saturated carbocycles. The number of nitriles is 1. The van der Waals surface area contributed by atoms with Crippen molar-refractivity contribution in [2.45, 2.75) is 0 Å². The minimum Gasteiger partial charge on any atom is -0.344 e. The number of nitrogens with zero attached hydrogens (tertiary/aromatic N) is 2. The number of hydrogen-bond donors (Lipinski definition) is 1. The van der Waals surface area contributed by atoms with Crippen LogP contribution < -0.4 is 0 Å². The zero-order valence-corrected chi connectivity index (χ0v) is 6.93. The molecule has 0 radical (unpaired) electrons. The Hall–Kier alpha value is -1.60. The lowest BCUT2D eigenvalue weighted by molar-refractivity contribution is 1.32. The molecule has 2 aromatic rings. The summed E-state index contributed by atoms with van der Waals surface area (Å²) < 4.78 is 0. The van der Waals surface area contributed by atoms with Gasteiger partial charge in [0.25, 0.3) is 0 Å². The minimum absolute atomic E-state index is 0.699. The lowest BCUT2D eigenvalue weighted by Crippen LogP contribution is -1.67. The topological polar surface area (TPSA) is 52.5 Å². The Labute approximate surface area is 73.3 Å². The molecule has 2 aromatic heterocycles. The number of nitrogens with one attached hydrogen (secondary N) is 1. The van der Waals surface area contributed by atoms with Crippen LogP contribution in [0.2, 0.25) is 0 Å². The Bertz CT molecular complexity index is 408. The molecule has 0 aliphatic heterocycles. The summed E-state index contributed by atoms with van der Waals surface area (Å²) in [6.45, 7) is 0. The van der Waals surface area contributed by atoms with Gasteiger partial charge >= 0.3 is 0 Å². The van der Waals surface area contributed by atoms with Crippen molar-refractivity contribution in [3.63, 3.8) is 0 Å². The summed E-state index contributed by atoms with van der Waals surface area (Å²) >= 11 is 1.54. The molecule has 0 atom stereocenters. The fourth-order valence-electron chi connectivity index (χ4n) is 0.927. The summed E-state index contributed by atoms with van der Waals surface area (Å²) in [5.41, 5.74) is 1.66. The molecule has 0 spiro atoms. The van der Waals surface area contributed by atoms with E-state index in [-0.39, 0.29) is 0 Å². The molecule has 12 heavy (non-hydrogen) atoms. The number of rotatable bonds is 1. The van der Waals surface area contributed by atoms with Crippen molar-refractivity contribution in [3.05, 3.63) is 29.5 Å². The zero-order valence-electron chi connectivity index (χ0n) is 6.11. The molecule has 0 amide bonds. The molecule has 0 aliphatic rings. The van der Waals surface area contributed by atoms with Crippen molar-refractivity contribution in [2.24, 2.45) is 0 Å². The van der Waals surface area contributed by atoms with E-state index in [1.807, 2.05) is 11.4 Å². The molecule has 1 N–H and O–H groups in total. The Balaban J connectivity index is 2.44. The second-order valence-electron chi connectivity index (χ2n) is 2.28. The standard InChI is InChI=1S/C8H5N3S/c9-2-6-1-8(12-4-6)7-3-10-5-11-7/h1,3-5H,(H,10,11). The van der Waals surface area contributed by atoms with E-state index in [2.05, 4.69) is 16.0 Å². The molecule has 2 rings (SSSR count). The first-order chi connectivity index (χ1) is 5.90. The highest BCUT2D eigenvalue weighted by molar-refractivity contribution is 7.13. The van der Waals surface area contributed by atoms with Crippen LogP contribution in [-0.4, -0.2) is 9.97 Å². The first-order valence-corrected chi connectivity index (χ1v) is 4.25. The fraction of sp³-hybridized carbons (Fsp3) is 0. The lowest BCUT2D eigenvalue weighted by atomic mass is 10.3. The first-order valence-electron chi connectivity index (χ1n) is 3.37. The SMILES string of the molecule is N#Cc1csc(-c2cnc[nH]2)c1. The summed E-state index contributed by atoms with van der Waals surface area (Å²) in [5, 5.41) is 10.4. The third-order valence-electron chi connectivity index (χ3n) is 1.49. The number of hydrogen-bond acceptors (Lipinski definition) is 3. The molecule has 0 aliphatic carbocycles. The van der Waals surface area contributed by atoms with E-state index in [1.165, 1.54) is 11.3 Å². The summed E-state index contributed by atoms with van der Waals surface area (Å²) in [6.07, 6.45) is 3.37. The number of imidazole rings is 1. The van der Waals surface area contributed by atoms with Gasteiger partial charge in [0.05, 0.1) is 28.7 Å². The van der Waals surface area contributed by atoms with Crippen LogP contribution in [0.3, 0.4) is 0 Å². The van der Waals surface area contributed by atoms with Crippen LogP contribution >= 0.6 is 11.3 Å². The van der Waals surface area contributed by atoms with E-state index < -0.39 is 0 Å². The highest BCUT2D eigenvalue weighted by Crippen LogP contribution is 2.24. The average Bonchev–Trinajstić information content (AvgIpc) is 2.75. The van der Waals surface area contributed by atoms with Gasteiger partial charge in [-0.2, -0.15) is 5.26 Å². The van der Waals surface area contributed by atoms with Crippen LogP contribution in [0.4, 0.5) is 0 Å². The third-order valence-corrected chi connectivity index (χ3v) is 2.46. The second kappa shape index (κ2) is 2.80. The van der Waals surface area contributed by atoms with Crippen LogP contribution in [-0.2, 0) is 0 Å². The molecule has 0 fully saturated rings. The van der Waals surface area contributed by atoms with Crippen molar-refractivity contribution < 1.29 is 0 Å². The molecule has 0 bridgehead atoms. The van der Waals surface area contributed by atoms with Crippen molar-refractivity contribution >= 4 is 11.3 Å². The number of aromatic amines is 1. The van der Waals surface area contributed by atoms with E-state index in [4.69, 9.17) is 5.26 Å². The van der Waals surface area contributed by atoms with Gasteiger partial charge in [0.2, 0.25) is 0 Å². The van der Waals surface area contributed by atoms with E-state index in [0.717, 1.165) is 10.6 Å². The predicted molar refractivity (Wildman–Crippen MR) is 46.6 cm³/mol. The largest absolute Gasteiger partial charge is 0.344 e. The van der Waals surface area contributed by atoms with Gasteiger partial charge in [0.1, 0.15) is 6.07 Å². The Morgan fingerprint density at radius 1 is 1.58 bits per heavy atom. The minimum atomic E-state index is 0.699. The van der Waals surface area contributed by atoms with Gasteiger partial charge < -0.3 is 4.98 Å². The van der Waals surface area contributed by atoms with Crippen LogP contribution in [0.15, 0.2) is 24.0 Å². The normalized spacial score (nSPS) is 9.58. The highest BCUT2D eigenvalue weighted by Gasteiger charge is 2.01. The lowest BCUT2D eigenvalue weighted by Gasteiger charge is -1.85. The maximum atomic E-state index is 8.58. The van der Waals surface area contributed by atoms with Gasteiger partial charge in [-0.3, -0.25) is 0 Å². The Morgan fingerprint density at radius 2 is 2.50 bits per heavy atom. The van der Waals surface area contributed by atoms with Gasteiger partial charge in [0, 0.05) is 5.38 Å². The highest BCUT2D eigenvalue weighted by atomic mass is 32.1. The fourth-order valence-corrected chi connectivity index (χ4v) is 1.74. The van der Waals surface area contributed by atoms with E-state index in [1.54, 1.807) is 12.5 Å². The number of H-pyrrole nitrogens is 1. The van der Waals surface area contributed by atoms with E-state index >= 15 is 0 Å². The molecular weight excluding hydrogens is 170 g/mol. The van der Waals surface area contributed by atoms with Gasteiger partial charge in [-0.05, 0) is 6.07 Å². The van der Waals surface area contributed by atoms with Crippen molar-refractivity contribution in [1.29, 1.82) is 5.26 Å². The van der Waals surface area contributed by atoms with Gasteiger partial charge in [-0.1, -0.05) is 0 Å².